The van der Waals surface area contributed by atoms with Crippen LogP contribution in [0.25, 0.3) is 0 Å². The predicted octanol–water partition coefficient (Wildman–Crippen LogP) is 1.50. The zero-order valence-electron chi connectivity index (χ0n) is 12.0. The van der Waals surface area contributed by atoms with Gasteiger partial charge in [-0.15, -0.1) is 0 Å². The van der Waals surface area contributed by atoms with Gasteiger partial charge in [0.05, 0.1) is 20.4 Å². The average Bonchev–Trinajstić information content (AvgIpc) is 2.93. The minimum absolute atomic E-state index is 0.289. The molecule has 2 N–H and O–H groups in total. The number of hydrogen-bond donors (Lipinski definition) is 2. The van der Waals surface area contributed by atoms with E-state index in [4.69, 9.17) is 9.47 Å². The van der Waals surface area contributed by atoms with Crippen LogP contribution in [0, 0.1) is 6.92 Å². The van der Waals surface area contributed by atoms with Crippen molar-refractivity contribution in [2.45, 2.75) is 6.92 Å². The van der Waals surface area contributed by atoms with Gasteiger partial charge in [-0.25, -0.2) is 5.43 Å². The molecule has 0 bridgehead atoms. The van der Waals surface area contributed by atoms with Crippen molar-refractivity contribution in [1.29, 1.82) is 0 Å². The van der Waals surface area contributed by atoms with Crippen molar-refractivity contribution in [3.05, 3.63) is 41.2 Å². The number of aromatic nitrogens is 2. The Bertz CT molecular complexity index is 664. The maximum atomic E-state index is 11.7. The van der Waals surface area contributed by atoms with E-state index < -0.39 is 0 Å². The smallest absolute Gasteiger partial charge is 0.291 e. The Kier molecular flexibility index (Phi) is 4.55. The number of ether oxygens (including phenoxy) is 2. The first-order chi connectivity index (χ1) is 10.1. The predicted molar refractivity (Wildman–Crippen MR) is 77.9 cm³/mol. The molecule has 0 spiro atoms. The third kappa shape index (κ3) is 3.59. The lowest BCUT2D eigenvalue weighted by Crippen LogP contribution is -2.18. The molecule has 0 unspecified atom stereocenters. The number of hydrogen-bond acceptors (Lipinski definition) is 5. The third-order valence-electron chi connectivity index (χ3n) is 2.73. The standard InChI is InChI=1S/C14H16N4O3/c1-9-6-11(17-16-9)14(19)18-15-8-10-4-5-12(20-2)13(7-10)21-3/h4-8H,1-3H3,(H,16,17)(H,18,19)/b15-8-. The second-order valence-electron chi connectivity index (χ2n) is 4.25. The van der Waals surface area contributed by atoms with Gasteiger partial charge >= 0.3 is 0 Å². The van der Waals surface area contributed by atoms with Crippen molar-refractivity contribution in [3.8, 4) is 11.5 Å². The summed E-state index contributed by atoms with van der Waals surface area (Å²) in [6, 6.07) is 6.96. The Morgan fingerprint density at radius 1 is 1.29 bits per heavy atom. The van der Waals surface area contributed by atoms with Gasteiger partial charge in [-0.3, -0.25) is 9.89 Å². The molecule has 0 aliphatic heterocycles. The molecule has 7 nitrogen and oxygen atoms in total. The van der Waals surface area contributed by atoms with Gasteiger partial charge in [0.1, 0.15) is 0 Å². The van der Waals surface area contributed by atoms with Gasteiger partial charge in [0.25, 0.3) is 5.91 Å². The molecular formula is C14H16N4O3. The summed E-state index contributed by atoms with van der Waals surface area (Å²) in [6.07, 6.45) is 1.51. The lowest BCUT2D eigenvalue weighted by atomic mass is 10.2. The van der Waals surface area contributed by atoms with E-state index in [1.54, 1.807) is 38.5 Å². The summed E-state index contributed by atoms with van der Waals surface area (Å²) in [7, 11) is 3.12. The van der Waals surface area contributed by atoms with Crippen molar-refractivity contribution in [3.63, 3.8) is 0 Å². The number of methoxy groups -OCH3 is 2. The molecular weight excluding hydrogens is 272 g/mol. The normalized spacial score (nSPS) is 10.6. The van der Waals surface area contributed by atoms with Gasteiger partial charge in [-0.2, -0.15) is 10.2 Å². The van der Waals surface area contributed by atoms with E-state index in [0.29, 0.717) is 11.5 Å². The van der Waals surface area contributed by atoms with Crippen LogP contribution in [-0.4, -0.2) is 36.5 Å². The molecule has 0 aliphatic rings. The molecule has 0 aliphatic carbocycles. The minimum Gasteiger partial charge on any atom is -0.493 e. The van der Waals surface area contributed by atoms with Crippen LogP contribution in [0.3, 0.4) is 0 Å². The topological polar surface area (TPSA) is 88.6 Å². The van der Waals surface area contributed by atoms with Crippen LogP contribution in [0.15, 0.2) is 29.4 Å². The zero-order chi connectivity index (χ0) is 15.2. The van der Waals surface area contributed by atoms with Gasteiger partial charge < -0.3 is 9.47 Å². The molecule has 7 heteroatoms. The lowest BCUT2D eigenvalue weighted by Gasteiger charge is -2.07. The van der Waals surface area contributed by atoms with Gasteiger partial charge in [0, 0.05) is 5.69 Å². The van der Waals surface area contributed by atoms with Crippen LogP contribution in [0.2, 0.25) is 0 Å². The van der Waals surface area contributed by atoms with Crippen LogP contribution < -0.4 is 14.9 Å². The zero-order valence-corrected chi connectivity index (χ0v) is 12.0. The van der Waals surface area contributed by atoms with Crippen molar-refractivity contribution in [1.82, 2.24) is 15.6 Å². The van der Waals surface area contributed by atoms with E-state index in [-0.39, 0.29) is 11.6 Å². The van der Waals surface area contributed by atoms with Crippen LogP contribution in [-0.2, 0) is 0 Å². The molecule has 0 atom stereocenters. The number of carbonyl (C=O) groups excluding carboxylic acids is 1. The van der Waals surface area contributed by atoms with Gasteiger partial charge in [0.2, 0.25) is 0 Å². The molecule has 110 valence electrons. The van der Waals surface area contributed by atoms with E-state index in [9.17, 15) is 4.79 Å². The van der Waals surface area contributed by atoms with Crippen LogP contribution >= 0.6 is 0 Å². The summed E-state index contributed by atoms with van der Waals surface area (Å²) in [4.78, 5) is 11.7. The first-order valence-electron chi connectivity index (χ1n) is 6.21. The largest absolute Gasteiger partial charge is 0.493 e. The number of hydrazone groups is 1. The van der Waals surface area contributed by atoms with Crippen molar-refractivity contribution >= 4 is 12.1 Å². The summed E-state index contributed by atoms with van der Waals surface area (Å²) in [5, 5.41) is 10.4. The average molecular weight is 288 g/mol. The monoisotopic (exact) mass is 288 g/mol. The maximum absolute atomic E-state index is 11.7. The van der Waals surface area contributed by atoms with E-state index in [1.807, 2.05) is 6.92 Å². The molecule has 1 amide bonds. The van der Waals surface area contributed by atoms with Crippen LogP contribution in [0.5, 0.6) is 11.5 Å². The highest BCUT2D eigenvalue weighted by Gasteiger charge is 2.07. The molecule has 0 fully saturated rings. The lowest BCUT2D eigenvalue weighted by molar-refractivity contribution is 0.0950. The number of aryl methyl sites for hydroxylation is 1. The highest BCUT2D eigenvalue weighted by Crippen LogP contribution is 2.26. The molecule has 1 aromatic heterocycles. The summed E-state index contributed by atoms with van der Waals surface area (Å²) in [5.41, 5.74) is 4.27. The molecule has 2 rings (SSSR count). The van der Waals surface area contributed by atoms with Gasteiger partial charge in [-0.05, 0) is 36.8 Å². The maximum Gasteiger partial charge on any atom is 0.291 e. The van der Waals surface area contributed by atoms with Crippen molar-refractivity contribution < 1.29 is 14.3 Å². The molecule has 1 aromatic carbocycles. The molecule has 0 saturated heterocycles. The Balaban J connectivity index is 2.03. The fraction of sp³-hybridized carbons (Fsp3) is 0.214. The molecule has 1 heterocycles. The highest BCUT2D eigenvalue weighted by molar-refractivity contribution is 5.93. The Labute approximate surface area is 122 Å². The number of benzene rings is 1. The molecule has 0 radical (unpaired) electrons. The Hall–Kier alpha value is -2.83. The van der Waals surface area contributed by atoms with Crippen molar-refractivity contribution in [2.75, 3.05) is 14.2 Å². The second kappa shape index (κ2) is 6.56. The second-order valence-corrected chi connectivity index (χ2v) is 4.25. The highest BCUT2D eigenvalue weighted by atomic mass is 16.5. The first-order valence-corrected chi connectivity index (χ1v) is 6.21. The third-order valence-corrected chi connectivity index (χ3v) is 2.73. The number of rotatable bonds is 5. The number of amides is 1. The van der Waals surface area contributed by atoms with E-state index in [0.717, 1.165) is 11.3 Å². The van der Waals surface area contributed by atoms with E-state index in [1.165, 1.54) is 6.21 Å². The number of carbonyl (C=O) groups is 1. The van der Waals surface area contributed by atoms with Crippen molar-refractivity contribution in [2.24, 2.45) is 5.10 Å². The molecule has 0 saturated carbocycles. The van der Waals surface area contributed by atoms with Gasteiger partial charge in [0.15, 0.2) is 17.2 Å². The van der Waals surface area contributed by atoms with Crippen LogP contribution in [0.1, 0.15) is 21.7 Å². The van der Waals surface area contributed by atoms with E-state index in [2.05, 4.69) is 20.7 Å². The Morgan fingerprint density at radius 2 is 2.05 bits per heavy atom. The number of H-pyrrole nitrogens is 1. The van der Waals surface area contributed by atoms with Crippen LogP contribution in [0.4, 0.5) is 0 Å². The summed E-state index contributed by atoms with van der Waals surface area (Å²) < 4.78 is 10.3. The molecule has 21 heavy (non-hydrogen) atoms. The Morgan fingerprint density at radius 3 is 2.67 bits per heavy atom. The van der Waals surface area contributed by atoms with E-state index >= 15 is 0 Å². The fourth-order valence-electron chi connectivity index (χ4n) is 1.69. The molecule has 2 aromatic rings. The summed E-state index contributed by atoms with van der Waals surface area (Å²) in [6.45, 7) is 1.82. The fourth-order valence-corrected chi connectivity index (χ4v) is 1.69. The SMILES string of the molecule is COc1ccc(/C=N\NC(=O)c2cc(C)[nH]n2)cc1OC. The quantitative estimate of drug-likeness (QED) is 0.644. The summed E-state index contributed by atoms with van der Waals surface area (Å²) >= 11 is 0. The summed E-state index contributed by atoms with van der Waals surface area (Å²) in [5.74, 6) is 0.845. The van der Waals surface area contributed by atoms with Gasteiger partial charge in [-0.1, -0.05) is 0 Å². The number of aromatic amines is 1. The minimum atomic E-state index is -0.379. The number of nitrogens with zero attached hydrogens (tertiary/aromatic N) is 2. The number of nitrogens with one attached hydrogen (secondary N) is 2. The first kappa shape index (κ1) is 14.6.